The van der Waals surface area contributed by atoms with Crippen molar-refractivity contribution in [3.63, 3.8) is 0 Å². The standard InChI is InChI=1S/C24H27N5O3S/c1-15(16-7-8-16)28-33(30,31)19-13-26-24(27-14-19)23-21(12-25)20-10-9-18(32-2)11-22(20)29(23)17-5-3-4-6-17/h9-11,13-17,28H,3-8H2,1-2H3/t15-/m0/s1. The number of ether oxygens (including phenoxy) is 1. The highest BCUT2D eigenvalue weighted by Gasteiger charge is 2.32. The van der Waals surface area contributed by atoms with Crippen LogP contribution in [0.15, 0.2) is 35.5 Å². The van der Waals surface area contributed by atoms with Crippen LogP contribution in [0.5, 0.6) is 5.75 Å². The van der Waals surface area contributed by atoms with Gasteiger partial charge in [-0.15, -0.1) is 0 Å². The molecule has 0 unspecified atom stereocenters. The number of aromatic nitrogens is 3. The van der Waals surface area contributed by atoms with Gasteiger partial charge in [0.2, 0.25) is 10.0 Å². The summed E-state index contributed by atoms with van der Waals surface area (Å²) in [5, 5.41) is 10.9. The number of nitrogens with zero attached hydrogens (tertiary/aromatic N) is 4. The summed E-state index contributed by atoms with van der Waals surface area (Å²) in [7, 11) is -2.08. The van der Waals surface area contributed by atoms with Crippen LogP contribution in [0.25, 0.3) is 22.4 Å². The van der Waals surface area contributed by atoms with Gasteiger partial charge in [0.05, 0.1) is 30.6 Å². The van der Waals surface area contributed by atoms with E-state index in [1.807, 2.05) is 25.1 Å². The fourth-order valence-electron chi connectivity index (χ4n) is 4.87. The Morgan fingerprint density at radius 3 is 2.48 bits per heavy atom. The van der Waals surface area contributed by atoms with E-state index >= 15 is 0 Å². The largest absolute Gasteiger partial charge is 0.497 e. The van der Waals surface area contributed by atoms with E-state index in [2.05, 4.69) is 25.3 Å². The molecule has 0 amide bonds. The average Bonchev–Trinajstić information content (AvgIpc) is 3.44. The maximum Gasteiger partial charge on any atom is 0.243 e. The molecule has 1 atom stereocenters. The summed E-state index contributed by atoms with van der Waals surface area (Å²) in [5.74, 6) is 1.47. The van der Waals surface area contributed by atoms with Crippen molar-refractivity contribution >= 4 is 20.9 Å². The van der Waals surface area contributed by atoms with Gasteiger partial charge in [-0.1, -0.05) is 12.8 Å². The molecule has 8 nitrogen and oxygen atoms in total. The molecular weight excluding hydrogens is 438 g/mol. The molecule has 2 aliphatic carbocycles. The first-order valence-electron chi connectivity index (χ1n) is 11.4. The summed E-state index contributed by atoms with van der Waals surface area (Å²) in [6.07, 6.45) is 9.03. The minimum absolute atomic E-state index is 0.0301. The minimum atomic E-state index is -3.70. The zero-order valence-electron chi connectivity index (χ0n) is 18.8. The topological polar surface area (TPSA) is 110 Å². The quantitative estimate of drug-likeness (QED) is 0.561. The van der Waals surface area contributed by atoms with Crippen LogP contribution < -0.4 is 9.46 Å². The number of benzene rings is 1. The van der Waals surface area contributed by atoms with E-state index in [-0.39, 0.29) is 17.0 Å². The third kappa shape index (κ3) is 3.98. The third-order valence-corrected chi connectivity index (χ3v) is 8.35. The SMILES string of the molecule is COc1ccc2c(C#N)c(-c3ncc(S(=O)(=O)N[C@@H](C)C4CC4)cn3)n(C3CCCC3)c2c1. The lowest BCUT2D eigenvalue weighted by atomic mass is 10.1. The molecule has 172 valence electrons. The number of hydrogen-bond donors (Lipinski definition) is 1. The minimum Gasteiger partial charge on any atom is -0.497 e. The van der Waals surface area contributed by atoms with Gasteiger partial charge in [0, 0.05) is 23.5 Å². The number of nitriles is 1. The van der Waals surface area contributed by atoms with Crippen LogP contribution >= 0.6 is 0 Å². The highest BCUT2D eigenvalue weighted by atomic mass is 32.2. The lowest BCUT2D eigenvalue weighted by Gasteiger charge is -2.18. The molecule has 3 aromatic rings. The van der Waals surface area contributed by atoms with Crippen molar-refractivity contribution in [2.75, 3.05) is 7.11 Å². The van der Waals surface area contributed by atoms with Crippen molar-refractivity contribution in [1.82, 2.24) is 19.3 Å². The predicted octanol–water partition coefficient (Wildman–Crippen LogP) is 4.17. The van der Waals surface area contributed by atoms with E-state index in [0.717, 1.165) is 49.4 Å². The zero-order chi connectivity index (χ0) is 23.2. The van der Waals surface area contributed by atoms with Crippen molar-refractivity contribution in [1.29, 1.82) is 5.26 Å². The normalized spacial score (nSPS) is 17.8. The molecule has 2 saturated carbocycles. The molecule has 1 N–H and O–H groups in total. The van der Waals surface area contributed by atoms with Crippen LogP contribution in [0.3, 0.4) is 0 Å². The highest BCUT2D eigenvalue weighted by Crippen LogP contribution is 2.41. The van der Waals surface area contributed by atoms with Crippen LogP contribution in [0.4, 0.5) is 0 Å². The molecule has 0 radical (unpaired) electrons. The van der Waals surface area contributed by atoms with Gasteiger partial charge < -0.3 is 9.30 Å². The maximum absolute atomic E-state index is 12.8. The number of sulfonamides is 1. The lowest BCUT2D eigenvalue weighted by Crippen LogP contribution is -2.34. The van der Waals surface area contributed by atoms with E-state index in [1.165, 1.54) is 12.4 Å². The Hall–Kier alpha value is -2.96. The Labute approximate surface area is 193 Å². The Kier molecular flexibility index (Phi) is 5.59. The second-order valence-corrected chi connectivity index (χ2v) is 10.7. The highest BCUT2D eigenvalue weighted by molar-refractivity contribution is 7.89. The molecule has 1 aromatic carbocycles. The average molecular weight is 466 g/mol. The summed E-state index contributed by atoms with van der Waals surface area (Å²) in [6, 6.07) is 8.13. The summed E-state index contributed by atoms with van der Waals surface area (Å²) in [6.45, 7) is 1.89. The Bertz CT molecular complexity index is 1330. The number of nitrogens with one attached hydrogen (secondary N) is 1. The van der Waals surface area contributed by atoms with Gasteiger partial charge in [-0.25, -0.2) is 23.1 Å². The van der Waals surface area contributed by atoms with Gasteiger partial charge in [-0.2, -0.15) is 5.26 Å². The molecule has 33 heavy (non-hydrogen) atoms. The van der Waals surface area contributed by atoms with Crippen LogP contribution in [0, 0.1) is 17.2 Å². The molecule has 5 rings (SSSR count). The lowest BCUT2D eigenvalue weighted by molar-refractivity contribution is 0.415. The molecule has 0 bridgehead atoms. The second-order valence-electron chi connectivity index (χ2n) is 9.02. The van der Waals surface area contributed by atoms with Crippen LogP contribution in [-0.2, 0) is 10.0 Å². The number of methoxy groups -OCH3 is 1. The first-order chi connectivity index (χ1) is 15.9. The van der Waals surface area contributed by atoms with E-state index in [9.17, 15) is 13.7 Å². The Balaban J connectivity index is 1.60. The smallest absolute Gasteiger partial charge is 0.243 e. The zero-order valence-corrected chi connectivity index (χ0v) is 19.6. The maximum atomic E-state index is 12.8. The molecule has 2 aromatic heterocycles. The molecule has 2 heterocycles. The number of hydrogen-bond acceptors (Lipinski definition) is 6. The fourth-order valence-corrected chi connectivity index (χ4v) is 6.08. The van der Waals surface area contributed by atoms with Gasteiger partial charge in [0.15, 0.2) is 5.82 Å². The molecule has 9 heteroatoms. The van der Waals surface area contributed by atoms with E-state index in [0.29, 0.717) is 28.7 Å². The summed E-state index contributed by atoms with van der Waals surface area (Å²) < 4.78 is 35.9. The first kappa shape index (κ1) is 21.9. The van der Waals surface area contributed by atoms with Crippen molar-refractivity contribution in [2.24, 2.45) is 5.92 Å². The fraction of sp³-hybridized carbons (Fsp3) is 0.458. The summed E-state index contributed by atoms with van der Waals surface area (Å²) >= 11 is 0. The molecular formula is C24H27N5O3S. The van der Waals surface area contributed by atoms with Crippen LogP contribution in [0.2, 0.25) is 0 Å². The van der Waals surface area contributed by atoms with Gasteiger partial charge in [-0.3, -0.25) is 0 Å². The van der Waals surface area contributed by atoms with Crippen LogP contribution in [0.1, 0.15) is 57.1 Å². The van der Waals surface area contributed by atoms with Crippen molar-refractivity contribution in [2.45, 2.75) is 62.4 Å². The Morgan fingerprint density at radius 1 is 1.18 bits per heavy atom. The first-order valence-corrected chi connectivity index (χ1v) is 12.9. The molecule has 2 aliphatic rings. The Morgan fingerprint density at radius 2 is 1.88 bits per heavy atom. The molecule has 2 fully saturated rings. The molecule has 0 saturated heterocycles. The second kappa shape index (κ2) is 8.43. The van der Waals surface area contributed by atoms with E-state index < -0.39 is 10.0 Å². The predicted molar refractivity (Wildman–Crippen MR) is 124 cm³/mol. The van der Waals surface area contributed by atoms with Crippen molar-refractivity contribution < 1.29 is 13.2 Å². The summed E-state index contributed by atoms with van der Waals surface area (Å²) in [5.41, 5.74) is 2.04. The van der Waals surface area contributed by atoms with Gasteiger partial charge in [0.1, 0.15) is 22.4 Å². The summed E-state index contributed by atoms with van der Waals surface area (Å²) in [4.78, 5) is 8.89. The van der Waals surface area contributed by atoms with Gasteiger partial charge >= 0.3 is 0 Å². The number of rotatable bonds is 7. The van der Waals surface area contributed by atoms with Crippen LogP contribution in [-0.4, -0.2) is 36.1 Å². The van der Waals surface area contributed by atoms with Gasteiger partial charge in [0.25, 0.3) is 0 Å². The third-order valence-electron chi connectivity index (χ3n) is 6.83. The molecule has 0 spiro atoms. The molecule has 0 aliphatic heterocycles. The van der Waals surface area contributed by atoms with E-state index in [4.69, 9.17) is 4.74 Å². The van der Waals surface area contributed by atoms with Crippen molar-refractivity contribution in [3.05, 3.63) is 36.2 Å². The monoisotopic (exact) mass is 465 g/mol. The van der Waals surface area contributed by atoms with E-state index in [1.54, 1.807) is 7.11 Å². The van der Waals surface area contributed by atoms with Gasteiger partial charge in [-0.05, 0) is 50.7 Å². The number of fused-ring (bicyclic) bond motifs is 1. The van der Waals surface area contributed by atoms with Crippen molar-refractivity contribution in [3.8, 4) is 23.3 Å².